The van der Waals surface area contributed by atoms with Gasteiger partial charge in [-0.3, -0.25) is 4.79 Å². The predicted molar refractivity (Wildman–Crippen MR) is 80.0 cm³/mol. The first-order valence-electron chi connectivity index (χ1n) is 6.34. The summed E-state index contributed by atoms with van der Waals surface area (Å²) in [4.78, 5) is 17.3. The maximum Gasteiger partial charge on any atom is 0.269 e. The molecule has 0 saturated carbocycles. The van der Waals surface area contributed by atoms with Crippen LogP contribution in [0.1, 0.15) is 17.7 Å². The first kappa shape index (κ1) is 13.8. The molecule has 0 unspecified atom stereocenters. The molecule has 6 nitrogen and oxygen atoms in total. The van der Waals surface area contributed by atoms with Crippen LogP contribution in [-0.4, -0.2) is 22.9 Å². The van der Waals surface area contributed by atoms with Crippen molar-refractivity contribution in [2.75, 3.05) is 5.32 Å². The second kappa shape index (κ2) is 5.69. The number of hydrogen-bond donors (Lipinski definition) is 1. The molecule has 1 N–H and O–H groups in total. The Morgan fingerprint density at radius 3 is 3.00 bits per heavy atom. The van der Waals surface area contributed by atoms with Gasteiger partial charge in [0.25, 0.3) is 5.91 Å². The maximum absolute atomic E-state index is 12.1. The number of hydrogen-bond acceptors (Lipinski definition) is 5. The van der Waals surface area contributed by atoms with E-state index in [1.54, 1.807) is 13.0 Å². The molecule has 7 heteroatoms. The van der Waals surface area contributed by atoms with Gasteiger partial charge in [0.05, 0.1) is 5.71 Å². The number of oxime groups is 1. The van der Waals surface area contributed by atoms with Crippen LogP contribution in [0.3, 0.4) is 0 Å². The third kappa shape index (κ3) is 3.13. The number of anilines is 1. The zero-order chi connectivity index (χ0) is 14.8. The summed E-state index contributed by atoms with van der Waals surface area (Å²) in [6.07, 6.45) is -0.241. The smallest absolute Gasteiger partial charge is 0.269 e. The molecule has 108 valence electrons. The minimum Gasteiger partial charge on any atom is -0.382 e. The van der Waals surface area contributed by atoms with Crippen LogP contribution in [0.5, 0.6) is 0 Å². The van der Waals surface area contributed by atoms with E-state index in [0.717, 1.165) is 15.7 Å². The van der Waals surface area contributed by atoms with Crippen molar-refractivity contribution in [2.24, 2.45) is 5.16 Å². The third-order valence-corrected chi connectivity index (χ3v) is 3.49. The highest BCUT2D eigenvalue weighted by atomic mass is 79.9. The van der Waals surface area contributed by atoms with Crippen LogP contribution < -0.4 is 5.32 Å². The maximum atomic E-state index is 12.1. The largest absolute Gasteiger partial charge is 0.382 e. The fourth-order valence-electron chi connectivity index (χ4n) is 1.99. The van der Waals surface area contributed by atoms with E-state index in [1.807, 2.05) is 24.3 Å². The molecule has 1 aromatic carbocycles. The van der Waals surface area contributed by atoms with Gasteiger partial charge in [-0.2, -0.15) is 0 Å². The summed E-state index contributed by atoms with van der Waals surface area (Å²) in [5, 5.41) is 10.3. The molecule has 0 radical (unpaired) electrons. The van der Waals surface area contributed by atoms with E-state index in [-0.39, 0.29) is 5.91 Å². The van der Waals surface area contributed by atoms with E-state index in [1.165, 1.54) is 0 Å². The minimum atomic E-state index is -0.656. The highest BCUT2D eigenvalue weighted by Crippen LogP contribution is 2.20. The molecule has 0 fully saturated rings. The summed E-state index contributed by atoms with van der Waals surface area (Å²) in [6.45, 7) is 1.75. The third-order valence-electron chi connectivity index (χ3n) is 3.00. The average Bonchev–Trinajstić information content (AvgIpc) is 3.08. The molecule has 1 aromatic heterocycles. The lowest BCUT2D eigenvalue weighted by Gasteiger charge is -2.06. The van der Waals surface area contributed by atoms with Gasteiger partial charge in [-0.15, -0.1) is 0 Å². The van der Waals surface area contributed by atoms with Crippen molar-refractivity contribution >= 4 is 33.4 Å². The molecule has 0 spiro atoms. The van der Waals surface area contributed by atoms with Crippen LogP contribution in [0.2, 0.25) is 0 Å². The summed E-state index contributed by atoms with van der Waals surface area (Å²) in [7, 11) is 0. The molecular weight excluding hydrogens is 338 g/mol. The van der Waals surface area contributed by atoms with Crippen LogP contribution >= 0.6 is 15.9 Å². The van der Waals surface area contributed by atoms with Gasteiger partial charge >= 0.3 is 0 Å². The van der Waals surface area contributed by atoms with Crippen LogP contribution in [0.15, 0.2) is 44.5 Å². The molecule has 1 aliphatic rings. The average molecular weight is 350 g/mol. The number of aryl methyl sites for hydroxylation is 1. The van der Waals surface area contributed by atoms with Crippen molar-refractivity contribution in [3.05, 3.63) is 46.1 Å². The summed E-state index contributed by atoms with van der Waals surface area (Å²) < 4.78 is 5.84. The molecule has 0 aliphatic carbocycles. The monoisotopic (exact) mass is 349 g/mol. The number of halogens is 1. The Morgan fingerprint density at radius 1 is 1.43 bits per heavy atom. The molecule has 21 heavy (non-hydrogen) atoms. The molecular formula is C14H12BrN3O3. The normalized spacial score (nSPS) is 17.2. The number of rotatable bonds is 3. The first-order chi connectivity index (χ1) is 10.1. The Labute approximate surface area is 129 Å². The Bertz CT molecular complexity index is 711. The van der Waals surface area contributed by atoms with Crippen molar-refractivity contribution < 1.29 is 14.2 Å². The number of amides is 1. The van der Waals surface area contributed by atoms with E-state index in [9.17, 15) is 4.79 Å². The van der Waals surface area contributed by atoms with Crippen molar-refractivity contribution in [3.63, 3.8) is 0 Å². The predicted octanol–water partition coefficient (Wildman–Crippen LogP) is 2.88. The summed E-state index contributed by atoms with van der Waals surface area (Å²) in [5.41, 5.74) is 1.67. The van der Waals surface area contributed by atoms with Crippen LogP contribution in [0.4, 0.5) is 5.82 Å². The lowest BCUT2D eigenvalue weighted by molar-refractivity contribution is -0.125. The van der Waals surface area contributed by atoms with Gasteiger partial charge in [0.1, 0.15) is 5.76 Å². The van der Waals surface area contributed by atoms with Gasteiger partial charge < -0.3 is 14.7 Å². The fraction of sp³-hybridized carbons (Fsp3) is 0.214. The summed E-state index contributed by atoms with van der Waals surface area (Å²) in [6, 6.07) is 9.34. The lowest BCUT2D eigenvalue weighted by Crippen LogP contribution is -2.28. The van der Waals surface area contributed by atoms with Crippen LogP contribution in [0.25, 0.3) is 0 Å². The number of carbonyl (C=O) groups excluding carboxylic acids is 1. The number of nitrogens with zero attached hydrogens (tertiary/aromatic N) is 2. The Hall–Kier alpha value is -2.15. The van der Waals surface area contributed by atoms with Crippen LogP contribution in [-0.2, 0) is 9.63 Å². The highest BCUT2D eigenvalue weighted by molar-refractivity contribution is 9.10. The van der Waals surface area contributed by atoms with Gasteiger partial charge in [-0.1, -0.05) is 38.4 Å². The molecule has 1 aliphatic heterocycles. The van der Waals surface area contributed by atoms with Crippen LogP contribution in [0, 0.1) is 6.92 Å². The SMILES string of the molecule is Cc1cc(NC(=O)[C@H]2CC(c3cccc(Br)c3)=NO2)no1. The zero-order valence-electron chi connectivity index (χ0n) is 11.2. The number of aromatic nitrogens is 1. The van der Waals surface area contributed by atoms with Crippen molar-refractivity contribution in [3.8, 4) is 0 Å². The highest BCUT2D eigenvalue weighted by Gasteiger charge is 2.29. The lowest BCUT2D eigenvalue weighted by atomic mass is 10.0. The van der Waals surface area contributed by atoms with Gasteiger partial charge in [-0.05, 0) is 19.1 Å². The molecule has 0 bridgehead atoms. The van der Waals surface area contributed by atoms with Gasteiger partial charge in [0, 0.05) is 22.5 Å². The number of nitrogens with one attached hydrogen (secondary N) is 1. The van der Waals surface area contributed by atoms with Gasteiger partial charge in [0.2, 0.25) is 6.10 Å². The number of benzene rings is 1. The standard InChI is InChI=1S/C14H12BrN3O3/c1-8-5-13(18-20-8)16-14(19)12-7-11(17-21-12)9-3-2-4-10(15)6-9/h2-6,12H,7H2,1H3,(H,16,18,19)/t12-/m1/s1. The fourth-order valence-corrected chi connectivity index (χ4v) is 2.39. The topological polar surface area (TPSA) is 76.7 Å². The molecule has 3 rings (SSSR count). The molecule has 2 aromatic rings. The second-order valence-corrected chi connectivity index (χ2v) is 5.57. The van der Waals surface area contributed by atoms with Crippen molar-refractivity contribution in [2.45, 2.75) is 19.4 Å². The van der Waals surface area contributed by atoms with E-state index in [2.05, 4.69) is 31.6 Å². The van der Waals surface area contributed by atoms with E-state index in [0.29, 0.717) is 18.0 Å². The second-order valence-electron chi connectivity index (χ2n) is 4.66. The minimum absolute atomic E-state index is 0.294. The molecule has 2 heterocycles. The Kier molecular flexibility index (Phi) is 3.74. The number of carbonyl (C=O) groups is 1. The van der Waals surface area contributed by atoms with E-state index in [4.69, 9.17) is 9.36 Å². The quantitative estimate of drug-likeness (QED) is 0.924. The van der Waals surface area contributed by atoms with E-state index < -0.39 is 6.10 Å². The molecule has 1 atom stereocenters. The Morgan fingerprint density at radius 2 is 2.29 bits per heavy atom. The van der Waals surface area contributed by atoms with Gasteiger partial charge in [0.15, 0.2) is 5.82 Å². The Balaban J connectivity index is 1.64. The first-order valence-corrected chi connectivity index (χ1v) is 7.14. The summed E-state index contributed by atoms with van der Waals surface area (Å²) in [5.74, 6) is 0.706. The molecule has 1 amide bonds. The zero-order valence-corrected chi connectivity index (χ0v) is 12.8. The summed E-state index contributed by atoms with van der Waals surface area (Å²) >= 11 is 3.41. The van der Waals surface area contributed by atoms with Gasteiger partial charge in [-0.25, -0.2) is 0 Å². The van der Waals surface area contributed by atoms with E-state index >= 15 is 0 Å². The molecule has 0 saturated heterocycles. The van der Waals surface area contributed by atoms with Crippen molar-refractivity contribution in [1.29, 1.82) is 0 Å². The van der Waals surface area contributed by atoms with Crippen molar-refractivity contribution in [1.82, 2.24) is 5.16 Å².